The van der Waals surface area contributed by atoms with E-state index >= 15 is 0 Å². The van der Waals surface area contributed by atoms with Gasteiger partial charge in [-0.2, -0.15) is 13.2 Å². The Balaban J connectivity index is 3.32. The van der Waals surface area contributed by atoms with Crippen molar-refractivity contribution in [1.82, 2.24) is 0 Å². The van der Waals surface area contributed by atoms with Crippen molar-refractivity contribution in [3.05, 3.63) is 35.6 Å². The maximum atomic E-state index is 12.9. The van der Waals surface area contributed by atoms with Crippen LogP contribution in [0, 0.1) is 5.82 Å². The number of alkyl halides is 3. The molecule has 2 nitrogen and oxygen atoms in total. The first-order chi connectivity index (χ1) is 7.37. The van der Waals surface area contributed by atoms with E-state index in [4.69, 9.17) is 5.73 Å². The number of nitrogens with two attached hydrogens (primary N) is 1. The summed E-state index contributed by atoms with van der Waals surface area (Å²) in [7, 11) is 0.894. The molecule has 16 heavy (non-hydrogen) atoms. The second-order valence-electron chi connectivity index (χ2n) is 3.24. The van der Waals surface area contributed by atoms with Crippen LogP contribution in [0.4, 0.5) is 17.6 Å². The minimum Gasteiger partial charge on any atom is -0.363 e. The number of hydrogen-bond acceptors (Lipinski definition) is 2. The third-order valence-electron chi connectivity index (χ3n) is 2.38. The Kier molecular flexibility index (Phi) is 3.54. The molecule has 0 bridgehead atoms. The molecule has 90 valence electrons. The molecule has 0 amide bonds. The number of methoxy groups -OCH3 is 1. The van der Waals surface area contributed by atoms with Crippen LogP contribution in [0.15, 0.2) is 24.3 Å². The van der Waals surface area contributed by atoms with E-state index < -0.39 is 24.1 Å². The molecule has 1 aromatic rings. The molecule has 0 aromatic heterocycles. The van der Waals surface area contributed by atoms with E-state index in [2.05, 4.69) is 4.74 Å². The molecule has 1 atom stereocenters. The van der Waals surface area contributed by atoms with Gasteiger partial charge in [0.05, 0.1) is 0 Å². The quantitative estimate of drug-likeness (QED) is 0.818. The van der Waals surface area contributed by atoms with Crippen LogP contribution < -0.4 is 5.73 Å². The van der Waals surface area contributed by atoms with Gasteiger partial charge in [-0.1, -0.05) is 12.1 Å². The molecule has 0 aliphatic heterocycles. The lowest BCUT2D eigenvalue weighted by atomic mass is 9.93. The van der Waals surface area contributed by atoms with Gasteiger partial charge in [0.1, 0.15) is 5.82 Å². The summed E-state index contributed by atoms with van der Waals surface area (Å²) in [6, 6.07) is 4.13. The molecule has 6 heteroatoms. The van der Waals surface area contributed by atoms with Gasteiger partial charge in [0, 0.05) is 13.7 Å². The second-order valence-corrected chi connectivity index (χ2v) is 3.24. The summed E-state index contributed by atoms with van der Waals surface area (Å²) in [6.07, 6.45) is -4.70. The highest BCUT2D eigenvalue weighted by molar-refractivity contribution is 5.26. The molecule has 1 aromatic carbocycles. The zero-order valence-electron chi connectivity index (χ0n) is 8.51. The largest absolute Gasteiger partial charge is 0.422 e. The van der Waals surface area contributed by atoms with Gasteiger partial charge in [-0.05, 0) is 17.7 Å². The van der Waals surface area contributed by atoms with Crippen molar-refractivity contribution in [2.45, 2.75) is 11.8 Å². The zero-order chi connectivity index (χ0) is 12.4. The first kappa shape index (κ1) is 12.9. The summed E-state index contributed by atoms with van der Waals surface area (Å²) in [5, 5.41) is 0. The average molecular weight is 237 g/mol. The summed E-state index contributed by atoms with van der Waals surface area (Å²) in [6.45, 7) is -0.809. The van der Waals surface area contributed by atoms with Crippen LogP contribution in [0.3, 0.4) is 0 Å². The number of hydrogen-bond donors (Lipinski definition) is 1. The predicted octanol–water partition coefficient (Wildman–Crippen LogP) is 2.19. The Morgan fingerprint density at radius 2 is 1.94 bits per heavy atom. The van der Waals surface area contributed by atoms with Crippen molar-refractivity contribution in [3.8, 4) is 0 Å². The van der Waals surface area contributed by atoms with E-state index in [1.54, 1.807) is 0 Å². The molecule has 0 saturated carbocycles. The lowest BCUT2D eigenvalue weighted by Crippen LogP contribution is -2.50. The molecule has 0 radical (unpaired) electrons. The Labute approximate surface area is 90.0 Å². The molecule has 2 N–H and O–H groups in total. The first-order valence-corrected chi connectivity index (χ1v) is 4.45. The van der Waals surface area contributed by atoms with Crippen molar-refractivity contribution >= 4 is 0 Å². The highest BCUT2D eigenvalue weighted by Crippen LogP contribution is 2.41. The van der Waals surface area contributed by atoms with Crippen LogP contribution in [0.5, 0.6) is 0 Å². The van der Waals surface area contributed by atoms with E-state index in [0.29, 0.717) is 0 Å². The Bertz CT molecular complexity index is 360. The number of ether oxygens (including phenoxy) is 1. The van der Waals surface area contributed by atoms with Crippen LogP contribution in [-0.2, 0) is 10.3 Å². The maximum absolute atomic E-state index is 12.9. The predicted molar refractivity (Wildman–Crippen MR) is 50.2 cm³/mol. The van der Waals surface area contributed by atoms with Gasteiger partial charge in [-0.25, -0.2) is 4.39 Å². The van der Waals surface area contributed by atoms with Crippen molar-refractivity contribution < 1.29 is 22.3 Å². The monoisotopic (exact) mass is 237 g/mol. The molecular weight excluding hydrogens is 226 g/mol. The minimum atomic E-state index is -4.70. The SMILES string of the molecule is COC(CN)(c1cccc(F)c1)C(F)(F)F. The van der Waals surface area contributed by atoms with Gasteiger partial charge in [0.25, 0.3) is 0 Å². The smallest absolute Gasteiger partial charge is 0.363 e. The molecule has 0 saturated heterocycles. The van der Waals surface area contributed by atoms with Crippen LogP contribution in [-0.4, -0.2) is 19.8 Å². The van der Waals surface area contributed by atoms with E-state index in [1.165, 1.54) is 6.07 Å². The maximum Gasteiger partial charge on any atom is 0.422 e. The highest BCUT2D eigenvalue weighted by atomic mass is 19.4. The lowest BCUT2D eigenvalue weighted by molar-refractivity contribution is -0.272. The number of rotatable bonds is 3. The summed E-state index contributed by atoms with van der Waals surface area (Å²) < 4.78 is 56.0. The second kappa shape index (κ2) is 4.39. The van der Waals surface area contributed by atoms with Gasteiger partial charge >= 0.3 is 6.18 Å². The Morgan fingerprint density at radius 1 is 1.31 bits per heavy atom. The van der Waals surface area contributed by atoms with Crippen molar-refractivity contribution in [2.75, 3.05) is 13.7 Å². The summed E-state index contributed by atoms with van der Waals surface area (Å²) in [5.41, 5.74) is 2.12. The Hall–Kier alpha value is -1.14. The molecule has 1 rings (SSSR count). The zero-order valence-corrected chi connectivity index (χ0v) is 8.51. The summed E-state index contributed by atoms with van der Waals surface area (Å²) >= 11 is 0. The summed E-state index contributed by atoms with van der Waals surface area (Å²) in [4.78, 5) is 0. The molecular formula is C10H11F4NO. The highest BCUT2D eigenvalue weighted by Gasteiger charge is 2.56. The molecule has 0 heterocycles. The fraction of sp³-hybridized carbons (Fsp3) is 0.400. The van der Waals surface area contributed by atoms with Crippen molar-refractivity contribution in [3.63, 3.8) is 0 Å². The third-order valence-corrected chi connectivity index (χ3v) is 2.38. The van der Waals surface area contributed by atoms with E-state index in [1.807, 2.05) is 0 Å². The molecule has 0 aliphatic carbocycles. The lowest BCUT2D eigenvalue weighted by Gasteiger charge is -2.33. The standard InChI is InChI=1S/C10H11F4NO/c1-16-9(6-15,10(12,13)14)7-3-2-4-8(11)5-7/h2-5H,6,15H2,1H3. The fourth-order valence-electron chi connectivity index (χ4n) is 1.45. The van der Waals surface area contributed by atoms with Gasteiger partial charge in [0.2, 0.25) is 5.60 Å². The van der Waals surface area contributed by atoms with E-state index in [0.717, 1.165) is 25.3 Å². The molecule has 0 fully saturated rings. The van der Waals surface area contributed by atoms with Crippen LogP contribution in [0.25, 0.3) is 0 Å². The molecule has 1 unspecified atom stereocenters. The average Bonchev–Trinajstić information content (AvgIpc) is 2.18. The van der Waals surface area contributed by atoms with Gasteiger partial charge in [-0.15, -0.1) is 0 Å². The molecule has 0 spiro atoms. The Morgan fingerprint density at radius 3 is 2.31 bits per heavy atom. The number of benzene rings is 1. The van der Waals surface area contributed by atoms with Crippen molar-refractivity contribution in [1.29, 1.82) is 0 Å². The molecule has 0 aliphatic rings. The van der Waals surface area contributed by atoms with Crippen molar-refractivity contribution in [2.24, 2.45) is 5.73 Å². The van der Waals surface area contributed by atoms with Gasteiger partial charge in [0.15, 0.2) is 0 Å². The van der Waals surface area contributed by atoms with Gasteiger partial charge in [-0.3, -0.25) is 0 Å². The fourth-order valence-corrected chi connectivity index (χ4v) is 1.45. The minimum absolute atomic E-state index is 0.343. The van der Waals surface area contributed by atoms with Gasteiger partial charge < -0.3 is 10.5 Å². The summed E-state index contributed by atoms with van der Waals surface area (Å²) in [5.74, 6) is -0.767. The third kappa shape index (κ3) is 2.03. The van der Waals surface area contributed by atoms with Crippen LogP contribution >= 0.6 is 0 Å². The number of halogens is 4. The van der Waals surface area contributed by atoms with Crippen LogP contribution in [0.1, 0.15) is 5.56 Å². The normalized spacial score (nSPS) is 15.9. The first-order valence-electron chi connectivity index (χ1n) is 4.45. The van der Waals surface area contributed by atoms with E-state index in [9.17, 15) is 17.6 Å². The van der Waals surface area contributed by atoms with E-state index in [-0.39, 0.29) is 5.56 Å². The topological polar surface area (TPSA) is 35.2 Å². The van der Waals surface area contributed by atoms with Crippen LogP contribution in [0.2, 0.25) is 0 Å².